The maximum Gasteiger partial charge on any atom is 0.472 e. The van der Waals surface area contributed by atoms with Crippen LogP contribution in [0.3, 0.4) is 0 Å². The van der Waals surface area contributed by atoms with Crippen molar-refractivity contribution >= 4 is 39.5 Å². The summed E-state index contributed by atoms with van der Waals surface area (Å²) in [6.45, 7) is 9.43. The van der Waals surface area contributed by atoms with E-state index in [2.05, 4.69) is 90.2 Å². The van der Waals surface area contributed by atoms with Crippen LogP contribution in [0.2, 0.25) is 0 Å². The van der Waals surface area contributed by atoms with Crippen LogP contribution in [0.25, 0.3) is 0 Å². The number of ether oxygens (including phenoxy) is 4. The van der Waals surface area contributed by atoms with Crippen molar-refractivity contribution in [2.45, 2.75) is 374 Å². The molecule has 0 spiro atoms. The fourth-order valence-corrected chi connectivity index (χ4v) is 12.5. The molecule has 0 aromatic heterocycles. The molecule has 0 aromatic carbocycles. The molecule has 0 bridgehead atoms. The van der Waals surface area contributed by atoms with Crippen LogP contribution >= 0.6 is 15.6 Å². The van der Waals surface area contributed by atoms with Crippen molar-refractivity contribution < 1.29 is 80.2 Å². The Bertz CT molecular complexity index is 2060. The molecule has 0 aliphatic heterocycles. The molecule has 0 fully saturated rings. The molecule has 19 heteroatoms. The summed E-state index contributed by atoms with van der Waals surface area (Å²) < 4.78 is 68.5. The molecule has 0 saturated carbocycles. The number of aliphatic hydroxyl groups is 1. The van der Waals surface area contributed by atoms with Gasteiger partial charge in [0, 0.05) is 25.7 Å². The summed E-state index contributed by atoms with van der Waals surface area (Å²) in [6.07, 6.45) is 62.7. The largest absolute Gasteiger partial charge is 0.472 e. The van der Waals surface area contributed by atoms with Gasteiger partial charge in [0.1, 0.15) is 19.3 Å². The van der Waals surface area contributed by atoms with Crippen LogP contribution in [0.1, 0.15) is 356 Å². The minimum Gasteiger partial charge on any atom is -0.462 e. The number of rotatable bonds is 73. The molecule has 0 aliphatic rings. The molecule has 97 heavy (non-hydrogen) atoms. The van der Waals surface area contributed by atoms with E-state index >= 15 is 0 Å². The van der Waals surface area contributed by atoms with Gasteiger partial charge < -0.3 is 33.8 Å². The van der Waals surface area contributed by atoms with Crippen LogP contribution in [0.4, 0.5) is 0 Å². The van der Waals surface area contributed by atoms with Gasteiger partial charge in [-0.25, -0.2) is 9.13 Å². The van der Waals surface area contributed by atoms with E-state index in [1.54, 1.807) is 0 Å². The molecule has 3 unspecified atom stereocenters. The zero-order chi connectivity index (χ0) is 71.4. The SMILES string of the molecule is CCCCCC/C=C\C=C/CCCCCCCC(=O)O[C@H](COC(=O)CCCCCCCCCCCCCCCCC(C)C)COP(=O)(O)OCC(O)COP(=O)(O)OC[C@@H](COC(=O)CCCCCCCCCC(C)C)OC(=O)CCCCCCC/C=C\C=C/CCCCCC. The van der Waals surface area contributed by atoms with Gasteiger partial charge in [-0.2, -0.15) is 0 Å². The number of allylic oxidation sites excluding steroid dienone is 8. The van der Waals surface area contributed by atoms with Crippen molar-refractivity contribution in [2.24, 2.45) is 11.8 Å². The van der Waals surface area contributed by atoms with E-state index in [1.165, 1.54) is 141 Å². The van der Waals surface area contributed by atoms with Crippen molar-refractivity contribution in [3.05, 3.63) is 48.6 Å². The van der Waals surface area contributed by atoms with E-state index < -0.39 is 97.5 Å². The van der Waals surface area contributed by atoms with Crippen molar-refractivity contribution in [2.75, 3.05) is 39.6 Å². The minimum absolute atomic E-state index is 0.0817. The summed E-state index contributed by atoms with van der Waals surface area (Å²) in [5, 5.41) is 10.6. The predicted molar refractivity (Wildman–Crippen MR) is 395 cm³/mol. The van der Waals surface area contributed by atoms with Gasteiger partial charge in [0.2, 0.25) is 0 Å². The molecule has 0 aliphatic carbocycles. The highest BCUT2D eigenvalue weighted by Gasteiger charge is 2.30. The second-order valence-corrected chi connectivity index (χ2v) is 30.6. The number of carbonyl (C=O) groups excluding carboxylic acids is 4. The van der Waals surface area contributed by atoms with Crippen LogP contribution in [0.15, 0.2) is 48.6 Å². The number of hydrogen-bond donors (Lipinski definition) is 3. The normalized spacial score (nSPS) is 14.3. The first-order valence-electron chi connectivity index (χ1n) is 39.1. The van der Waals surface area contributed by atoms with Crippen molar-refractivity contribution in [1.82, 2.24) is 0 Å². The van der Waals surface area contributed by atoms with Crippen LogP contribution in [-0.2, 0) is 65.4 Å². The first kappa shape index (κ1) is 94.0. The van der Waals surface area contributed by atoms with Gasteiger partial charge in [-0.15, -0.1) is 0 Å². The predicted octanol–water partition coefficient (Wildman–Crippen LogP) is 22.2. The van der Waals surface area contributed by atoms with Gasteiger partial charge in [-0.3, -0.25) is 37.3 Å². The lowest BCUT2D eigenvalue weighted by Crippen LogP contribution is -2.30. The molecule has 0 saturated heterocycles. The molecule has 0 rings (SSSR count). The topological polar surface area (TPSA) is 237 Å². The summed E-state index contributed by atoms with van der Waals surface area (Å²) in [5.74, 6) is -0.680. The van der Waals surface area contributed by atoms with Crippen LogP contribution in [0.5, 0.6) is 0 Å². The Kier molecular flexibility index (Phi) is 66.7. The summed E-state index contributed by atoms with van der Waals surface area (Å²) in [4.78, 5) is 72.8. The zero-order valence-electron chi connectivity index (χ0n) is 62.3. The molecule has 0 aromatic rings. The van der Waals surface area contributed by atoms with Gasteiger partial charge in [-0.1, -0.05) is 302 Å². The smallest absolute Gasteiger partial charge is 0.462 e. The number of esters is 4. The molecule has 568 valence electrons. The van der Waals surface area contributed by atoms with E-state index in [9.17, 15) is 43.2 Å². The minimum atomic E-state index is -4.97. The summed E-state index contributed by atoms with van der Waals surface area (Å²) in [7, 11) is -9.94. The maximum atomic E-state index is 13.1. The lowest BCUT2D eigenvalue weighted by atomic mass is 10.0. The molecule has 0 heterocycles. The Morgan fingerprint density at radius 3 is 0.835 bits per heavy atom. The molecule has 0 radical (unpaired) electrons. The average molecular weight is 1420 g/mol. The fraction of sp³-hybridized carbons (Fsp3) is 0.846. The number of carbonyl (C=O) groups is 4. The lowest BCUT2D eigenvalue weighted by molar-refractivity contribution is -0.161. The number of phosphoric acid groups is 2. The quantitative estimate of drug-likeness (QED) is 0.0169. The molecule has 3 N–H and O–H groups in total. The third kappa shape index (κ3) is 71.2. The van der Waals surface area contributed by atoms with E-state index in [4.69, 9.17) is 37.0 Å². The molecule has 5 atom stereocenters. The van der Waals surface area contributed by atoms with Crippen molar-refractivity contribution in [3.8, 4) is 0 Å². The van der Waals surface area contributed by atoms with Crippen LogP contribution in [-0.4, -0.2) is 96.7 Å². The highest BCUT2D eigenvalue weighted by atomic mass is 31.2. The Balaban J connectivity index is 5.31. The standard InChI is InChI=1S/C78H144O17P2/c1-7-9-11-13-15-17-19-21-23-29-33-37-43-50-56-62-77(82)94-73(66-88-75(80)60-54-48-42-36-32-28-26-25-27-31-35-40-46-52-58-70(3)4)68-92-96(84,85)90-64-72(79)65-91-97(86,87)93-69-74(67-89-76(81)61-55-49-45-39-41-47-53-59-71(5)6)95-78(83)63-57-51-44-38-34-30-24-22-20-18-16-14-12-10-8-2/h17-24,70-74,79H,7-16,25-69H2,1-6H3,(H,84,85)(H,86,87)/b19-17-,20-18-,23-21-,24-22-/t72?,73-,74-/m1/s1. The van der Waals surface area contributed by atoms with E-state index in [-0.39, 0.29) is 25.7 Å². The third-order valence-corrected chi connectivity index (χ3v) is 18.9. The van der Waals surface area contributed by atoms with E-state index in [0.29, 0.717) is 31.6 Å². The Hall–Kier alpha value is -2.98. The first-order chi connectivity index (χ1) is 46.9. The number of unbranched alkanes of at least 4 members (excludes halogenated alkanes) is 37. The Morgan fingerprint density at radius 2 is 0.557 bits per heavy atom. The van der Waals surface area contributed by atoms with Gasteiger partial charge >= 0.3 is 39.5 Å². The average Bonchev–Trinajstić information content (AvgIpc) is 3.55. The molecule has 0 amide bonds. The maximum absolute atomic E-state index is 13.1. The highest BCUT2D eigenvalue weighted by molar-refractivity contribution is 7.47. The highest BCUT2D eigenvalue weighted by Crippen LogP contribution is 2.45. The van der Waals surface area contributed by atoms with Gasteiger partial charge in [-0.05, 0) is 88.9 Å². The lowest BCUT2D eigenvalue weighted by Gasteiger charge is -2.21. The number of aliphatic hydroxyl groups excluding tert-OH is 1. The third-order valence-electron chi connectivity index (χ3n) is 17.0. The second-order valence-electron chi connectivity index (χ2n) is 27.7. The zero-order valence-corrected chi connectivity index (χ0v) is 64.1. The molecular formula is C78H144O17P2. The van der Waals surface area contributed by atoms with E-state index in [0.717, 1.165) is 128 Å². The second kappa shape index (κ2) is 68.8. The van der Waals surface area contributed by atoms with Crippen molar-refractivity contribution in [3.63, 3.8) is 0 Å². The monoisotopic (exact) mass is 1410 g/mol. The van der Waals surface area contributed by atoms with Crippen LogP contribution < -0.4 is 0 Å². The summed E-state index contributed by atoms with van der Waals surface area (Å²) >= 11 is 0. The summed E-state index contributed by atoms with van der Waals surface area (Å²) in [5.41, 5.74) is 0. The van der Waals surface area contributed by atoms with Crippen LogP contribution in [0, 0.1) is 11.8 Å². The fourth-order valence-electron chi connectivity index (χ4n) is 10.9. The molecule has 17 nitrogen and oxygen atoms in total. The summed E-state index contributed by atoms with van der Waals surface area (Å²) in [6, 6.07) is 0. The Labute approximate surface area is 591 Å². The van der Waals surface area contributed by atoms with Gasteiger partial charge in [0.15, 0.2) is 12.2 Å². The number of phosphoric ester groups is 2. The first-order valence-corrected chi connectivity index (χ1v) is 42.1. The van der Waals surface area contributed by atoms with Gasteiger partial charge in [0.25, 0.3) is 0 Å². The molecular weight excluding hydrogens is 1270 g/mol. The number of hydrogen-bond acceptors (Lipinski definition) is 15. The van der Waals surface area contributed by atoms with E-state index in [1.807, 2.05) is 0 Å². The van der Waals surface area contributed by atoms with Gasteiger partial charge in [0.05, 0.1) is 26.4 Å². The van der Waals surface area contributed by atoms with Crippen molar-refractivity contribution in [1.29, 1.82) is 0 Å². The Morgan fingerprint density at radius 1 is 0.320 bits per heavy atom.